The molecule has 0 radical (unpaired) electrons. The molecule has 0 fully saturated rings. The standard InChI is InChI=1S/C10H9BrN2O3/c1-6(11)5-12-9(14)7-3-2-4-8(13-7)10(15)16/h2-4H,1,5H2,(H,12,14)(H,15,16). The largest absolute Gasteiger partial charge is 0.477 e. The van der Waals surface area contributed by atoms with Crippen molar-refractivity contribution in [2.45, 2.75) is 0 Å². The number of carbonyl (C=O) groups excluding carboxylic acids is 1. The number of halogens is 1. The first kappa shape index (κ1) is 12.4. The Morgan fingerprint density at radius 3 is 2.62 bits per heavy atom. The lowest BCUT2D eigenvalue weighted by molar-refractivity contribution is 0.0690. The fraction of sp³-hybridized carbons (Fsp3) is 0.100. The fourth-order valence-corrected chi connectivity index (χ4v) is 1.09. The molecule has 2 N–H and O–H groups in total. The van der Waals surface area contributed by atoms with E-state index in [0.717, 1.165) is 0 Å². The molecule has 0 spiro atoms. The quantitative estimate of drug-likeness (QED) is 0.876. The van der Waals surface area contributed by atoms with Crippen molar-refractivity contribution >= 4 is 27.8 Å². The Morgan fingerprint density at radius 1 is 1.44 bits per heavy atom. The molecule has 1 rings (SSSR count). The lowest BCUT2D eigenvalue weighted by Gasteiger charge is -2.03. The van der Waals surface area contributed by atoms with Gasteiger partial charge in [-0.3, -0.25) is 4.79 Å². The van der Waals surface area contributed by atoms with E-state index in [1.54, 1.807) is 0 Å². The highest BCUT2D eigenvalue weighted by atomic mass is 79.9. The van der Waals surface area contributed by atoms with Gasteiger partial charge in [-0.05, 0) is 12.1 Å². The number of carbonyl (C=O) groups is 2. The Labute approximate surface area is 100 Å². The predicted octanol–water partition coefficient (Wildman–Crippen LogP) is 1.42. The van der Waals surface area contributed by atoms with Crippen LogP contribution in [-0.2, 0) is 0 Å². The van der Waals surface area contributed by atoms with Crippen molar-refractivity contribution in [3.05, 3.63) is 40.6 Å². The summed E-state index contributed by atoms with van der Waals surface area (Å²) >= 11 is 3.09. The third kappa shape index (κ3) is 3.47. The van der Waals surface area contributed by atoms with Gasteiger partial charge >= 0.3 is 5.97 Å². The van der Waals surface area contributed by atoms with E-state index in [1.807, 2.05) is 0 Å². The summed E-state index contributed by atoms with van der Waals surface area (Å²) in [6.45, 7) is 3.82. The van der Waals surface area contributed by atoms with Crippen LogP contribution in [0, 0.1) is 0 Å². The van der Waals surface area contributed by atoms with E-state index < -0.39 is 11.9 Å². The second-order valence-corrected chi connectivity index (χ2v) is 4.03. The normalized spacial score (nSPS) is 9.56. The number of carboxylic acid groups (broad SMARTS) is 1. The molecule has 0 aromatic carbocycles. The van der Waals surface area contributed by atoms with Crippen LogP contribution in [0.3, 0.4) is 0 Å². The maximum Gasteiger partial charge on any atom is 0.354 e. The highest BCUT2D eigenvalue weighted by Crippen LogP contribution is 2.01. The topological polar surface area (TPSA) is 79.3 Å². The Kier molecular flexibility index (Phi) is 4.19. The van der Waals surface area contributed by atoms with Crippen molar-refractivity contribution in [1.29, 1.82) is 0 Å². The van der Waals surface area contributed by atoms with Crippen LogP contribution in [0.1, 0.15) is 21.0 Å². The van der Waals surface area contributed by atoms with Crippen molar-refractivity contribution in [3.63, 3.8) is 0 Å². The molecule has 1 aromatic heterocycles. The summed E-state index contributed by atoms with van der Waals surface area (Å²) in [5.74, 6) is -1.61. The summed E-state index contributed by atoms with van der Waals surface area (Å²) in [6.07, 6.45) is 0. The molecule has 0 aliphatic heterocycles. The molecule has 1 aromatic rings. The number of pyridine rings is 1. The zero-order valence-electron chi connectivity index (χ0n) is 8.24. The number of rotatable bonds is 4. The molecule has 0 saturated heterocycles. The summed E-state index contributed by atoms with van der Waals surface area (Å²) in [6, 6.07) is 4.23. The van der Waals surface area contributed by atoms with Crippen LogP contribution in [0.15, 0.2) is 29.3 Å². The van der Waals surface area contributed by atoms with Crippen molar-refractivity contribution in [2.75, 3.05) is 6.54 Å². The van der Waals surface area contributed by atoms with Crippen LogP contribution in [0.4, 0.5) is 0 Å². The first-order chi connectivity index (χ1) is 7.50. The fourth-order valence-electron chi connectivity index (χ4n) is 0.947. The summed E-state index contributed by atoms with van der Waals surface area (Å²) in [4.78, 5) is 25.8. The highest BCUT2D eigenvalue weighted by molar-refractivity contribution is 9.11. The molecular formula is C10H9BrN2O3. The molecule has 0 aliphatic rings. The van der Waals surface area contributed by atoms with E-state index in [4.69, 9.17) is 5.11 Å². The molecule has 0 bridgehead atoms. The van der Waals surface area contributed by atoms with Crippen molar-refractivity contribution in [2.24, 2.45) is 0 Å². The zero-order chi connectivity index (χ0) is 12.1. The molecule has 0 atom stereocenters. The van der Waals surface area contributed by atoms with Gasteiger partial charge in [-0.2, -0.15) is 0 Å². The van der Waals surface area contributed by atoms with Gasteiger partial charge in [0.1, 0.15) is 11.4 Å². The minimum absolute atomic E-state index is 0.0636. The van der Waals surface area contributed by atoms with Crippen molar-refractivity contribution in [3.8, 4) is 0 Å². The lowest BCUT2D eigenvalue weighted by Crippen LogP contribution is -2.25. The van der Waals surface area contributed by atoms with Gasteiger partial charge < -0.3 is 10.4 Å². The Bertz CT molecular complexity index is 445. The molecule has 1 heterocycles. The number of amides is 1. The van der Waals surface area contributed by atoms with Crippen molar-refractivity contribution < 1.29 is 14.7 Å². The lowest BCUT2D eigenvalue weighted by atomic mass is 10.3. The maximum absolute atomic E-state index is 11.5. The summed E-state index contributed by atoms with van der Waals surface area (Å²) in [7, 11) is 0. The van der Waals surface area contributed by atoms with Gasteiger partial charge in [-0.25, -0.2) is 9.78 Å². The van der Waals surface area contributed by atoms with E-state index in [-0.39, 0.29) is 17.9 Å². The van der Waals surface area contributed by atoms with Gasteiger partial charge in [0.2, 0.25) is 0 Å². The van der Waals surface area contributed by atoms with Crippen LogP contribution < -0.4 is 5.32 Å². The molecule has 16 heavy (non-hydrogen) atoms. The predicted molar refractivity (Wildman–Crippen MR) is 61.6 cm³/mol. The molecular weight excluding hydrogens is 276 g/mol. The molecule has 6 heteroatoms. The number of carboxylic acids is 1. The van der Waals surface area contributed by atoms with Gasteiger partial charge in [0.25, 0.3) is 5.91 Å². The van der Waals surface area contributed by atoms with Gasteiger partial charge in [-0.15, -0.1) is 0 Å². The Hall–Kier alpha value is -1.69. The summed E-state index contributed by atoms with van der Waals surface area (Å²) < 4.78 is 0.621. The average Bonchev–Trinajstić information content (AvgIpc) is 2.26. The molecule has 0 saturated carbocycles. The molecule has 5 nitrogen and oxygen atoms in total. The molecule has 0 aliphatic carbocycles. The second-order valence-electron chi connectivity index (χ2n) is 2.91. The van der Waals surface area contributed by atoms with E-state index >= 15 is 0 Å². The third-order valence-corrected chi connectivity index (χ3v) is 1.92. The van der Waals surface area contributed by atoms with Gasteiger partial charge in [0.15, 0.2) is 0 Å². The minimum Gasteiger partial charge on any atom is -0.477 e. The minimum atomic E-state index is -1.17. The first-order valence-electron chi connectivity index (χ1n) is 4.32. The van der Waals surface area contributed by atoms with Gasteiger partial charge in [0, 0.05) is 11.0 Å². The van der Waals surface area contributed by atoms with Crippen molar-refractivity contribution in [1.82, 2.24) is 10.3 Å². The van der Waals surface area contributed by atoms with Crippen LogP contribution >= 0.6 is 15.9 Å². The highest BCUT2D eigenvalue weighted by Gasteiger charge is 2.10. The van der Waals surface area contributed by atoms with Crippen LogP contribution in [0.5, 0.6) is 0 Å². The molecule has 1 amide bonds. The van der Waals surface area contributed by atoms with E-state index in [2.05, 4.69) is 32.8 Å². The SMILES string of the molecule is C=C(Br)CNC(=O)c1cccc(C(=O)O)n1. The van der Waals surface area contributed by atoms with Crippen LogP contribution in [0.2, 0.25) is 0 Å². The monoisotopic (exact) mass is 284 g/mol. The smallest absolute Gasteiger partial charge is 0.354 e. The number of nitrogens with zero attached hydrogens (tertiary/aromatic N) is 1. The average molecular weight is 285 g/mol. The van der Waals surface area contributed by atoms with Gasteiger partial charge in [0.05, 0.1) is 0 Å². The zero-order valence-corrected chi connectivity index (χ0v) is 9.82. The van der Waals surface area contributed by atoms with E-state index in [1.165, 1.54) is 18.2 Å². The molecule has 0 unspecified atom stereocenters. The second kappa shape index (κ2) is 5.41. The Morgan fingerprint density at radius 2 is 2.06 bits per heavy atom. The summed E-state index contributed by atoms with van der Waals surface area (Å²) in [5.41, 5.74) is -0.0982. The van der Waals surface area contributed by atoms with Crippen LogP contribution in [0.25, 0.3) is 0 Å². The van der Waals surface area contributed by atoms with Gasteiger partial charge in [-0.1, -0.05) is 28.6 Å². The molecule has 84 valence electrons. The van der Waals surface area contributed by atoms with E-state index in [9.17, 15) is 9.59 Å². The number of aromatic nitrogens is 1. The number of hydrogen-bond acceptors (Lipinski definition) is 3. The van der Waals surface area contributed by atoms with Crippen LogP contribution in [-0.4, -0.2) is 28.5 Å². The third-order valence-electron chi connectivity index (χ3n) is 1.64. The Balaban J connectivity index is 2.79. The number of hydrogen-bond donors (Lipinski definition) is 2. The number of nitrogens with one attached hydrogen (secondary N) is 1. The number of aromatic carboxylic acids is 1. The summed E-state index contributed by atoms with van der Waals surface area (Å²) in [5, 5.41) is 11.2. The maximum atomic E-state index is 11.5. The first-order valence-corrected chi connectivity index (χ1v) is 5.12. The van der Waals surface area contributed by atoms with E-state index in [0.29, 0.717) is 4.48 Å².